The SMILES string of the molecule is [3H]C(=O)N[C@@H](C)c1ccc(C2CCN(C)CC2)cc1. The molecule has 98 valence electrons. The highest BCUT2D eigenvalue weighted by Gasteiger charge is 2.18. The van der Waals surface area contributed by atoms with Crippen LogP contribution in [0, 0.1) is 0 Å². The molecular formula is C15H22N2O. The number of rotatable bonds is 3. The van der Waals surface area contributed by atoms with Gasteiger partial charge in [0.05, 0.1) is 6.04 Å². The monoisotopic (exact) mass is 248 g/mol. The predicted octanol–water partition coefficient (Wildman–Crippen LogP) is 2.30. The van der Waals surface area contributed by atoms with Gasteiger partial charge in [-0.2, -0.15) is 0 Å². The Labute approximate surface area is 111 Å². The van der Waals surface area contributed by atoms with Crippen LogP contribution in [0.15, 0.2) is 24.3 Å². The summed E-state index contributed by atoms with van der Waals surface area (Å²) < 4.78 is 6.92. The third kappa shape index (κ3) is 3.10. The second-order valence-corrected chi connectivity index (χ2v) is 5.21. The largest absolute Gasteiger partial charge is 0.352 e. The fourth-order valence-corrected chi connectivity index (χ4v) is 2.57. The molecule has 0 bridgehead atoms. The molecule has 1 atom stereocenters. The van der Waals surface area contributed by atoms with Gasteiger partial charge in [-0.3, -0.25) is 4.79 Å². The van der Waals surface area contributed by atoms with Crippen molar-refractivity contribution >= 4 is 6.39 Å². The standard InChI is InChI=1S/C15H22N2O/c1-12(16-11-18)13-3-5-14(6-4-13)15-7-9-17(2)10-8-15/h3-6,11-12,15H,7-10H2,1-2H3,(H,16,18)/t12-/m0/s1/i11T. The van der Waals surface area contributed by atoms with E-state index in [-0.39, 0.29) is 6.04 Å². The first-order chi connectivity index (χ1) is 9.06. The van der Waals surface area contributed by atoms with Gasteiger partial charge in [-0.05, 0) is 56.9 Å². The number of nitrogens with one attached hydrogen (secondary N) is 1. The van der Waals surface area contributed by atoms with Crippen molar-refractivity contribution in [3.05, 3.63) is 35.4 Å². The summed E-state index contributed by atoms with van der Waals surface area (Å²) in [5.41, 5.74) is 2.44. The van der Waals surface area contributed by atoms with Crippen molar-refractivity contribution in [2.75, 3.05) is 20.1 Å². The van der Waals surface area contributed by atoms with Gasteiger partial charge in [0.2, 0.25) is 6.39 Å². The number of carbonyl (C=O) groups excluding carboxylic acids is 1. The maximum Gasteiger partial charge on any atom is 0.207 e. The fourth-order valence-electron chi connectivity index (χ4n) is 2.57. The zero-order valence-electron chi connectivity index (χ0n) is 12.1. The fraction of sp³-hybridized carbons (Fsp3) is 0.533. The lowest BCUT2D eigenvalue weighted by molar-refractivity contribution is -0.110. The quantitative estimate of drug-likeness (QED) is 0.833. The lowest BCUT2D eigenvalue weighted by Crippen LogP contribution is -2.29. The van der Waals surface area contributed by atoms with Gasteiger partial charge in [0, 0.05) is 0 Å². The first kappa shape index (κ1) is 11.7. The molecule has 18 heavy (non-hydrogen) atoms. The molecule has 1 aromatic carbocycles. The van der Waals surface area contributed by atoms with E-state index in [1.165, 1.54) is 18.4 Å². The van der Waals surface area contributed by atoms with Crippen molar-refractivity contribution in [3.8, 4) is 0 Å². The number of piperidine rings is 1. The molecular weight excluding hydrogens is 224 g/mol. The molecule has 1 saturated heterocycles. The number of likely N-dealkylation sites (tertiary alicyclic amines) is 1. The maximum atomic E-state index is 10.7. The molecule has 1 aliphatic rings. The minimum atomic E-state index is -0.730. The van der Waals surface area contributed by atoms with E-state index in [0.29, 0.717) is 5.92 Å². The Hall–Kier alpha value is -1.35. The molecule has 0 unspecified atom stereocenters. The molecule has 3 nitrogen and oxygen atoms in total. The lowest BCUT2D eigenvalue weighted by atomic mass is 9.89. The molecule has 0 saturated carbocycles. The van der Waals surface area contributed by atoms with Crippen LogP contribution in [0.5, 0.6) is 0 Å². The Morgan fingerprint density at radius 2 is 2.00 bits per heavy atom. The Kier molecular flexibility index (Phi) is 3.91. The summed E-state index contributed by atoms with van der Waals surface area (Å²) >= 11 is 0. The zero-order valence-corrected chi connectivity index (χ0v) is 11.1. The molecule has 1 aliphatic heterocycles. The first-order valence-electron chi connectivity index (χ1n) is 7.12. The number of amides is 1. The number of carbonyl (C=O) groups is 1. The van der Waals surface area contributed by atoms with E-state index >= 15 is 0 Å². The molecule has 0 aliphatic carbocycles. The third-order valence-electron chi connectivity index (χ3n) is 3.90. The molecule has 0 aromatic heterocycles. The minimum Gasteiger partial charge on any atom is -0.352 e. The Morgan fingerprint density at radius 1 is 1.39 bits per heavy atom. The van der Waals surface area contributed by atoms with E-state index in [9.17, 15) is 4.79 Å². The summed E-state index contributed by atoms with van der Waals surface area (Å²) in [4.78, 5) is 13.1. The molecule has 1 amide bonds. The normalized spacial score (nSPS) is 20.2. The van der Waals surface area contributed by atoms with Crippen LogP contribution in [0.3, 0.4) is 0 Å². The van der Waals surface area contributed by atoms with Gasteiger partial charge >= 0.3 is 0 Å². The molecule has 2 rings (SSSR count). The molecule has 1 aromatic rings. The average molecular weight is 248 g/mol. The highest BCUT2D eigenvalue weighted by molar-refractivity contribution is 5.47. The van der Waals surface area contributed by atoms with E-state index in [1.54, 1.807) is 0 Å². The molecule has 1 heterocycles. The Balaban J connectivity index is 2.00. The molecule has 3 heteroatoms. The molecule has 0 radical (unpaired) electrons. The Bertz CT molecular complexity index is 424. The summed E-state index contributed by atoms with van der Waals surface area (Å²) in [6.45, 7) is 4.23. The average Bonchev–Trinajstić information content (AvgIpc) is 2.39. The van der Waals surface area contributed by atoms with E-state index in [0.717, 1.165) is 18.7 Å². The van der Waals surface area contributed by atoms with Gasteiger partial charge in [0.1, 0.15) is 1.37 Å². The summed E-state index contributed by atoms with van der Waals surface area (Å²) in [6, 6.07) is 8.36. The lowest BCUT2D eigenvalue weighted by Gasteiger charge is -2.29. The maximum absolute atomic E-state index is 10.7. The van der Waals surface area contributed by atoms with Crippen molar-refractivity contribution in [1.82, 2.24) is 10.2 Å². The van der Waals surface area contributed by atoms with Gasteiger partial charge in [-0.1, -0.05) is 24.3 Å². The highest BCUT2D eigenvalue weighted by atomic mass is 16.1. The van der Waals surface area contributed by atoms with E-state index < -0.39 is 6.39 Å². The summed E-state index contributed by atoms with van der Waals surface area (Å²) in [7, 11) is 2.17. The highest BCUT2D eigenvalue weighted by Crippen LogP contribution is 2.28. The van der Waals surface area contributed by atoms with Crippen LogP contribution in [0.1, 0.15) is 44.2 Å². The van der Waals surface area contributed by atoms with Crippen molar-refractivity contribution in [2.45, 2.75) is 31.7 Å². The third-order valence-corrected chi connectivity index (χ3v) is 3.90. The second kappa shape index (κ2) is 6.01. The van der Waals surface area contributed by atoms with Crippen molar-refractivity contribution in [2.24, 2.45) is 0 Å². The minimum absolute atomic E-state index is 0.100. The van der Waals surface area contributed by atoms with Crippen LogP contribution in [-0.2, 0) is 4.79 Å². The van der Waals surface area contributed by atoms with Crippen LogP contribution in [-0.4, -0.2) is 31.4 Å². The topological polar surface area (TPSA) is 32.3 Å². The van der Waals surface area contributed by atoms with Crippen LogP contribution in [0.4, 0.5) is 0 Å². The van der Waals surface area contributed by atoms with E-state index in [1.807, 2.05) is 6.92 Å². The molecule has 0 spiro atoms. The molecule has 1 N–H and O–H groups in total. The zero-order chi connectivity index (χ0) is 13.8. The van der Waals surface area contributed by atoms with Crippen LogP contribution >= 0.6 is 0 Å². The number of hydrogen-bond acceptors (Lipinski definition) is 2. The van der Waals surface area contributed by atoms with Gasteiger partial charge < -0.3 is 10.2 Å². The summed E-state index contributed by atoms with van der Waals surface area (Å²) in [5, 5.41) is 2.58. The van der Waals surface area contributed by atoms with E-state index in [4.69, 9.17) is 1.37 Å². The summed E-state index contributed by atoms with van der Waals surface area (Å²) in [6.07, 6.45) is 1.70. The van der Waals surface area contributed by atoms with Crippen molar-refractivity contribution in [3.63, 3.8) is 0 Å². The van der Waals surface area contributed by atoms with Crippen LogP contribution < -0.4 is 5.32 Å². The number of nitrogens with zero attached hydrogens (tertiary/aromatic N) is 1. The van der Waals surface area contributed by atoms with E-state index in [2.05, 4.69) is 41.5 Å². The van der Waals surface area contributed by atoms with Gasteiger partial charge in [0.25, 0.3) is 0 Å². The number of benzene rings is 1. The number of hydrogen-bond donors (Lipinski definition) is 1. The van der Waals surface area contributed by atoms with Crippen molar-refractivity contribution in [1.29, 1.82) is 0 Å². The Morgan fingerprint density at radius 3 is 2.56 bits per heavy atom. The smallest absolute Gasteiger partial charge is 0.207 e. The van der Waals surface area contributed by atoms with Crippen molar-refractivity contribution < 1.29 is 6.17 Å². The first-order valence-corrected chi connectivity index (χ1v) is 6.62. The van der Waals surface area contributed by atoms with Crippen LogP contribution in [0.2, 0.25) is 0 Å². The predicted molar refractivity (Wildman–Crippen MR) is 73.5 cm³/mol. The second-order valence-electron chi connectivity index (χ2n) is 5.21. The van der Waals surface area contributed by atoms with Gasteiger partial charge in [-0.25, -0.2) is 0 Å². The van der Waals surface area contributed by atoms with Crippen LogP contribution in [0.25, 0.3) is 0 Å². The summed E-state index contributed by atoms with van der Waals surface area (Å²) in [5.74, 6) is 0.659. The molecule has 1 fully saturated rings. The van der Waals surface area contributed by atoms with Gasteiger partial charge in [0.15, 0.2) is 0 Å². The van der Waals surface area contributed by atoms with Gasteiger partial charge in [-0.15, -0.1) is 0 Å².